The summed E-state index contributed by atoms with van der Waals surface area (Å²) in [6, 6.07) is 21.3. The zero-order valence-electron chi connectivity index (χ0n) is 15.9. The Hall–Kier alpha value is -3.73. The Balaban J connectivity index is 1.31. The van der Waals surface area contributed by atoms with Crippen LogP contribution in [0.4, 0.5) is 5.69 Å². The summed E-state index contributed by atoms with van der Waals surface area (Å²) in [6.07, 6.45) is 6.43. The van der Waals surface area contributed by atoms with Crippen molar-refractivity contribution in [1.29, 1.82) is 0 Å². The summed E-state index contributed by atoms with van der Waals surface area (Å²) in [7, 11) is 0. The fraction of sp³-hybridized carbons (Fsp3) is 0.125. The van der Waals surface area contributed by atoms with Gasteiger partial charge in [0.2, 0.25) is 11.8 Å². The smallest absolute Gasteiger partial charge is 0.231 e. The molecule has 0 aliphatic heterocycles. The number of nitrogens with zero attached hydrogens (tertiary/aromatic N) is 2. The normalized spacial score (nSPS) is 10.8. The number of hydrogen-bond donors (Lipinski definition) is 1. The van der Waals surface area contributed by atoms with Crippen molar-refractivity contribution < 1.29 is 9.59 Å². The maximum absolute atomic E-state index is 12.5. The number of carbonyl (C=O) groups excluding carboxylic acids is 2. The molecular weight excluding hydrogens is 362 g/mol. The van der Waals surface area contributed by atoms with E-state index < -0.39 is 0 Å². The van der Waals surface area contributed by atoms with Crippen molar-refractivity contribution in [3.63, 3.8) is 0 Å². The van der Waals surface area contributed by atoms with Gasteiger partial charge in [-0.1, -0.05) is 30.3 Å². The molecule has 1 amide bonds. The van der Waals surface area contributed by atoms with Crippen LogP contribution in [0.15, 0.2) is 85.3 Å². The number of fused-ring (bicyclic) bond motifs is 1. The highest BCUT2D eigenvalue weighted by Gasteiger charge is 2.11. The molecule has 0 saturated carbocycles. The van der Waals surface area contributed by atoms with Crippen molar-refractivity contribution in [2.75, 3.05) is 5.32 Å². The van der Waals surface area contributed by atoms with Gasteiger partial charge in [0.1, 0.15) is 0 Å². The molecule has 2 aromatic heterocycles. The second kappa shape index (κ2) is 8.52. The first-order chi connectivity index (χ1) is 14.2. The van der Waals surface area contributed by atoms with E-state index in [1.54, 1.807) is 23.2 Å². The molecule has 2 heterocycles. The molecule has 29 heavy (non-hydrogen) atoms. The number of para-hydroxylation sites is 1. The molecule has 1 N–H and O–H groups in total. The zero-order valence-corrected chi connectivity index (χ0v) is 15.9. The fourth-order valence-electron chi connectivity index (χ4n) is 3.31. The van der Waals surface area contributed by atoms with E-state index in [-0.39, 0.29) is 24.7 Å². The number of nitrogens with one attached hydrogen (secondary N) is 1. The van der Waals surface area contributed by atoms with Crippen LogP contribution in [0.3, 0.4) is 0 Å². The highest BCUT2D eigenvalue weighted by molar-refractivity contribution is 5.96. The third-order valence-corrected chi connectivity index (χ3v) is 4.83. The van der Waals surface area contributed by atoms with Crippen LogP contribution in [0.5, 0.6) is 0 Å². The van der Waals surface area contributed by atoms with Gasteiger partial charge in [0.05, 0.1) is 5.52 Å². The van der Waals surface area contributed by atoms with Crippen LogP contribution < -0.4 is 5.32 Å². The van der Waals surface area contributed by atoms with E-state index in [0.717, 1.165) is 28.6 Å². The molecule has 0 atom stereocenters. The van der Waals surface area contributed by atoms with Gasteiger partial charge < -0.3 is 5.32 Å². The van der Waals surface area contributed by atoms with Gasteiger partial charge in [-0.2, -0.15) is 0 Å². The minimum absolute atomic E-state index is 0.0888. The minimum atomic E-state index is -0.170. The van der Waals surface area contributed by atoms with E-state index >= 15 is 0 Å². The fourth-order valence-corrected chi connectivity index (χ4v) is 3.31. The van der Waals surface area contributed by atoms with Crippen LogP contribution >= 0.6 is 0 Å². The van der Waals surface area contributed by atoms with Gasteiger partial charge in [-0.3, -0.25) is 19.1 Å². The molecule has 4 aromatic rings. The molecule has 5 heteroatoms. The second-order valence-electron chi connectivity index (χ2n) is 6.92. The average Bonchev–Trinajstić information content (AvgIpc) is 3.18. The van der Waals surface area contributed by atoms with Crippen LogP contribution in [0.25, 0.3) is 10.9 Å². The summed E-state index contributed by atoms with van der Waals surface area (Å²) in [5.74, 6) is -0.259. The van der Waals surface area contributed by atoms with Crippen molar-refractivity contribution in [2.45, 2.75) is 19.3 Å². The monoisotopic (exact) mass is 383 g/mol. The molecule has 0 saturated heterocycles. The number of carbonyl (C=O) groups is 2. The van der Waals surface area contributed by atoms with Gasteiger partial charge in [0.25, 0.3) is 0 Å². The van der Waals surface area contributed by atoms with Gasteiger partial charge in [-0.25, -0.2) is 0 Å². The Morgan fingerprint density at radius 2 is 1.55 bits per heavy atom. The van der Waals surface area contributed by atoms with Crippen LogP contribution in [-0.2, 0) is 11.2 Å². The van der Waals surface area contributed by atoms with Crippen molar-refractivity contribution in [1.82, 2.24) is 9.55 Å². The lowest BCUT2D eigenvalue weighted by Gasteiger charge is -2.08. The number of benzene rings is 2. The SMILES string of the molecule is O=C(CCC(=O)n1ccc2ccccc21)Nc1ccc(Cc2ccncc2)cc1. The number of hydrogen-bond acceptors (Lipinski definition) is 3. The second-order valence-corrected chi connectivity index (χ2v) is 6.92. The molecule has 0 unspecified atom stereocenters. The molecule has 4 rings (SSSR count). The zero-order chi connectivity index (χ0) is 20.1. The summed E-state index contributed by atoms with van der Waals surface area (Å²) in [6.45, 7) is 0. The molecule has 0 radical (unpaired) electrons. The van der Waals surface area contributed by atoms with E-state index in [1.807, 2.05) is 66.7 Å². The number of anilines is 1. The molecule has 0 bridgehead atoms. The number of pyridine rings is 1. The van der Waals surface area contributed by atoms with Gasteiger partial charge in [-0.15, -0.1) is 0 Å². The molecular formula is C24H21N3O2. The Morgan fingerprint density at radius 3 is 2.34 bits per heavy atom. The Kier molecular flexibility index (Phi) is 5.47. The maximum atomic E-state index is 12.5. The van der Waals surface area contributed by atoms with Crippen molar-refractivity contribution in [3.05, 3.63) is 96.4 Å². The summed E-state index contributed by atoms with van der Waals surface area (Å²) in [4.78, 5) is 28.7. The Morgan fingerprint density at radius 1 is 0.828 bits per heavy atom. The van der Waals surface area contributed by atoms with Crippen LogP contribution in [0.2, 0.25) is 0 Å². The van der Waals surface area contributed by atoms with Crippen LogP contribution in [0.1, 0.15) is 28.8 Å². The van der Waals surface area contributed by atoms with Crippen LogP contribution in [0, 0.1) is 0 Å². The molecule has 0 aliphatic carbocycles. The lowest BCUT2D eigenvalue weighted by atomic mass is 10.1. The van der Waals surface area contributed by atoms with E-state index in [0.29, 0.717) is 0 Å². The number of amides is 1. The van der Waals surface area contributed by atoms with E-state index in [2.05, 4.69) is 10.3 Å². The van der Waals surface area contributed by atoms with E-state index in [9.17, 15) is 9.59 Å². The summed E-state index contributed by atoms with van der Waals surface area (Å²) >= 11 is 0. The largest absolute Gasteiger partial charge is 0.326 e. The van der Waals surface area contributed by atoms with Crippen molar-refractivity contribution in [3.8, 4) is 0 Å². The molecule has 0 fully saturated rings. The number of rotatable bonds is 6. The third kappa shape index (κ3) is 4.58. The molecule has 0 spiro atoms. The quantitative estimate of drug-likeness (QED) is 0.525. The predicted molar refractivity (Wildman–Crippen MR) is 114 cm³/mol. The van der Waals surface area contributed by atoms with Crippen molar-refractivity contribution in [2.24, 2.45) is 0 Å². The average molecular weight is 383 g/mol. The predicted octanol–water partition coefficient (Wildman–Crippen LogP) is 4.69. The van der Waals surface area contributed by atoms with Gasteiger partial charge >= 0.3 is 0 Å². The van der Waals surface area contributed by atoms with Crippen LogP contribution in [-0.4, -0.2) is 21.4 Å². The summed E-state index contributed by atoms with van der Waals surface area (Å²) < 4.78 is 1.61. The Labute approximate surface area is 169 Å². The topological polar surface area (TPSA) is 64.0 Å². The molecule has 2 aromatic carbocycles. The minimum Gasteiger partial charge on any atom is -0.326 e. The lowest BCUT2D eigenvalue weighted by molar-refractivity contribution is -0.116. The molecule has 144 valence electrons. The van der Waals surface area contributed by atoms with E-state index in [4.69, 9.17) is 0 Å². The summed E-state index contributed by atoms with van der Waals surface area (Å²) in [5.41, 5.74) is 3.94. The first kappa shape index (κ1) is 18.6. The molecule has 0 aliphatic rings. The Bertz CT molecular complexity index is 1130. The van der Waals surface area contributed by atoms with Gasteiger partial charge in [0, 0.05) is 42.5 Å². The van der Waals surface area contributed by atoms with Gasteiger partial charge in [-0.05, 0) is 53.9 Å². The highest BCUT2D eigenvalue weighted by atomic mass is 16.2. The first-order valence-corrected chi connectivity index (χ1v) is 9.56. The van der Waals surface area contributed by atoms with Crippen molar-refractivity contribution >= 4 is 28.4 Å². The van der Waals surface area contributed by atoms with Gasteiger partial charge in [0.15, 0.2) is 0 Å². The third-order valence-electron chi connectivity index (χ3n) is 4.83. The maximum Gasteiger partial charge on any atom is 0.231 e. The number of aromatic nitrogens is 2. The standard InChI is InChI=1S/C24H21N3O2/c28-23(9-10-24(29)27-16-13-20-3-1-2-4-22(20)27)26-21-7-5-18(6-8-21)17-19-11-14-25-15-12-19/h1-8,11-16H,9-10,17H2,(H,26,28). The van der Waals surface area contributed by atoms with E-state index in [1.165, 1.54) is 5.56 Å². The lowest BCUT2D eigenvalue weighted by Crippen LogP contribution is -2.16. The first-order valence-electron chi connectivity index (χ1n) is 9.56. The molecule has 5 nitrogen and oxygen atoms in total. The highest BCUT2D eigenvalue weighted by Crippen LogP contribution is 2.17. The summed E-state index contributed by atoms with van der Waals surface area (Å²) in [5, 5.41) is 3.87.